The number of imidazole rings is 1. The number of hydrogen-bond donors (Lipinski definition) is 4. The minimum atomic E-state index is -0.296. The molecule has 8 heteroatoms. The van der Waals surface area contributed by atoms with Gasteiger partial charge in [-0.05, 0) is 59.5 Å². The molecule has 2 aromatic carbocycles. The molecule has 3 aromatic heterocycles. The van der Waals surface area contributed by atoms with E-state index in [4.69, 9.17) is 0 Å². The van der Waals surface area contributed by atoms with E-state index in [1.54, 1.807) is 35.7 Å². The summed E-state index contributed by atoms with van der Waals surface area (Å²) in [6.07, 6.45) is 2.18. The van der Waals surface area contributed by atoms with Crippen LogP contribution in [-0.2, 0) is 6.42 Å². The van der Waals surface area contributed by atoms with Crippen LogP contribution in [-0.4, -0.2) is 32.7 Å². The molecule has 0 saturated heterocycles. The van der Waals surface area contributed by atoms with Crippen molar-refractivity contribution in [3.05, 3.63) is 81.1 Å². The summed E-state index contributed by atoms with van der Waals surface area (Å²) in [4.78, 5) is 23.4. The predicted octanol–water partition coefficient (Wildman–Crippen LogP) is 4.33. The largest absolute Gasteiger partial charge is 0.394 e. The number of aromatic nitrogens is 3. The zero-order chi connectivity index (χ0) is 22.9. The maximum atomic E-state index is 12.8. The molecule has 1 atom stereocenters. The highest BCUT2D eigenvalue weighted by atomic mass is 32.1. The predicted molar refractivity (Wildman–Crippen MR) is 132 cm³/mol. The van der Waals surface area contributed by atoms with Crippen molar-refractivity contribution in [2.75, 3.05) is 11.9 Å². The van der Waals surface area contributed by atoms with Gasteiger partial charge in [0.1, 0.15) is 11.4 Å². The number of pyridine rings is 1. The first-order chi connectivity index (χ1) is 16.1. The summed E-state index contributed by atoms with van der Waals surface area (Å²) in [5.74, 6) is 0.408. The zero-order valence-corrected chi connectivity index (χ0v) is 18.7. The number of aliphatic hydroxyl groups excluding tert-OH is 1. The van der Waals surface area contributed by atoms with E-state index in [2.05, 4.69) is 43.9 Å². The minimum absolute atomic E-state index is 0.0961. The molecule has 0 bridgehead atoms. The van der Waals surface area contributed by atoms with Gasteiger partial charge in [0.25, 0.3) is 5.56 Å². The number of rotatable bonds is 6. The maximum Gasteiger partial charge on any atom is 0.261 e. The Labute approximate surface area is 193 Å². The number of hydrogen-bond acceptors (Lipinski definition) is 6. The lowest BCUT2D eigenvalue weighted by atomic mass is 10.0. The first-order valence-corrected chi connectivity index (χ1v) is 11.4. The van der Waals surface area contributed by atoms with Gasteiger partial charge in [-0.15, -0.1) is 11.3 Å². The van der Waals surface area contributed by atoms with Gasteiger partial charge in [0, 0.05) is 10.9 Å². The Kier molecular flexibility index (Phi) is 5.42. The molecular formula is C25H21N5O2S. The molecule has 0 aliphatic heterocycles. The van der Waals surface area contributed by atoms with E-state index in [-0.39, 0.29) is 18.2 Å². The van der Waals surface area contributed by atoms with Crippen LogP contribution >= 0.6 is 11.3 Å². The third-order valence-corrected chi connectivity index (χ3v) is 6.72. The average molecular weight is 456 g/mol. The van der Waals surface area contributed by atoms with E-state index < -0.39 is 0 Å². The van der Waals surface area contributed by atoms with Crippen LogP contribution in [0.5, 0.6) is 0 Å². The molecule has 7 nitrogen and oxygen atoms in total. The number of nitrogens with one attached hydrogen (secondary N) is 3. The Bertz CT molecular complexity index is 1570. The van der Waals surface area contributed by atoms with Crippen molar-refractivity contribution in [2.45, 2.75) is 19.4 Å². The quantitative estimate of drug-likeness (QED) is 0.304. The van der Waals surface area contributed by atoms with Crippen molar-refractivity contribution in [1.29, 1.82) is 5.26 Å². The number of nitriles is 1. The summed E-state index contributed by atoms with van der Waals surface area (Å²) in [6, 6.07) is 15.3. The number of anilines is 1. The number of aliphatic hydroxyl groups is 1. The first-order valence-electron chi connectivity index (χ1n) is 10.5. The lowest BCUT2D eigenvalue weighted by Gasteiger charge is -2.19. The smallest absolute Gasteiger partial charge is 0.261 e. The second kappa shape index (κ2) is 8.54. The number of benzene rings is 2. The Morgan fingerprint density at radius 2 is 2.12 bits per heavy atom. The summed E-state index contributed by atoms with van der Waals surface area (Å²) < 4.78 is 1.20. The molecule has 5 aromatic rings. The molecule has 0 spiro atoms. The summed E-state index contributed by atoms with van der Waals surface area (Å²) in [5, 5.41) is 26.0. The van der Waals surface area contributed by atoms with Gasteiger partial charge in [0.05, 0.1) is 41.0 Å². The minimum Gasteiger partial charge on any atom is -0.394 e. The number of aromatic amines is 2. The van der Waals surface area contributed by atoms with Gasteiger partial charge >= 0.3 is 0 Å². The number of H-pyrrole nitrogens is 2. The van der Waals surface area contributed by atoms with Gasteiger partial charge in [-0.2, -0.15) is 5.26 Å². The lowest BCUT2D eigenvalue weighted by Crippen LogP contribution is -2.27. The monoisotopic (exact) mass is 455 g/mol. The average Bonchev–Trinajstić information content (AvgIpc) is 3.43. The normalized spacial score (nSPS) is 12.2. The molecule has 0 aliphatic carbocycles. The standard InChI is InChI=1S/C25H21N5O2S/c1-14-8-15(11-26)9-20-23(14)30-24(29-20)22-19(6-7-27-25(22)32)28-17(12-31)10-16-13-33-21-5-3-2-4-18(16)21/h2-9,13,17,31H,10,12H2,1H3,(H,29,30)(H2,27,28,32)/t17-/m0/s1. The first kappa shape index (κ1) is 20.9. The second-order valence-electron chi connectivity index (χ2n) is 7.97. The molecule has 0 radical (unpaired) electrons. The topological polar surface area (TPSA) is 118 Å². The molecule has 0 unspecified atom stereocenters. The second-order valence-corrected chi connectivity index (χ2v) is 8.88. The highest BCUT2D eigenvalue weighted by molar-refractivity contribution is 7.17. The Morgan fingerprint density at radius 1 is 1.27 bits per heavy atom. The van der Waals surface area contributed by atoms with Crippen LogP contribution in [0.3, 0.4) is 0 Å². The molecule has 0 fully saturated rings. The van der Waals surface area contributed by atoms with E-state index in [0.29, 0.717) is 40.1 Å². The lowest BCUT2D eigenvalue weighted by molar-refractivity contribution is 0.274. The van der Waals surface area contributed by atoms with Crippen molar-refractivity contribution in [3.63, 3.8) is 0 Å². The third kappa shape index (κ3) is 3.89. The highest BCUT2D eigenvalue weighted by Crippen LogP contribution is 2.29. The van der Waals surface area contributed by atoms with Crippen molar-refractivity contribution in [1.82, 2.24) is 15.0 Å². The van der Waals surface area contributed by atoms with E-state index in [1.165, 1.54) is 10.1 Å². The van der Waals surface area contributed by atoms with Crippen LogP contribution in [0, 0.1) is 18.3 Å². The Balaban J connectivity index is 1.52. The van der Waals surface area contributed by atoms with Gasteiger partial charge in [0.2, 0.25) is 0 Å². The molecule has 3 heterocycles. The van der Waals surface area contributed by atoms with E-state index in [0.717, 1.165) is 11.1 Å². The van der Waals surface area contributed by atoms with Crippen LogP contribution in [0.2, 0.25) is 0 Å². The number of thiophene rings is 1. The maximum absolute atomic E-state index is 12.8. The van der Waals surface area contributed by atoms with Gasteiger partial charge in [-0.25, -0.2) is 4.98 Å². The van der Waals surface area contributed by atoms with Crippen molar-refractivity contribution < 1.29 is 5.11 Å². The SMILES string of the molecule is Cc1cc(C#N)cc2[nH]c(-c3c(N[C@H](CO)Cc4csc5ccccc45)cc[nH]c3=O)nc12. The molecule has 4 N–H and O–H groups in total. The van der Waals surface area contributed by atoms with Gasteiger partial charge in [-0.3, -0.25) is 4.79 Å². The number of aryl methyl sites for hydroxylation is 1. The van der Waals surface area contributed by atoms with E-state index >= 15 is 0 Å². The highest BCUT2D eigenvalue weighted by Gasteiger charge is 2.19. The van der Waals surface area contributed by atoms with Crippen LogP contribution < -0.4 is 10.9 Å². The fourth-order valence-corrected chi connectivity index (χ4v) is 5.12. The number of fused-ring (bicyclic) bond motifs is 2. The van der Waals surface area contributed by atoms with Gasteiger partial charge < -0.3 is 20.4 Å². The van der Waals surface area contributed by atoms with E-state index in [1.807, 2.05) is 19.1 Å². The fourth-order valence-electron chi connectivity index (χ4n) is 4.14. The van der Waals surface area contributed by atoms with Crippen LogP contribution in [0.1, 0.15) is 16.7 Å². The summed E-state index contributed by atoms with van der Waals surface area (Å²) >= 11 is 1.68. The third-order valence-electron chi connectivity index (χ3n) is 5.71. The summed E-state index contributed by atoms with van der Waals surface area (Å²) in [5.41, 5.74) is 4.58. The van der Waals surface area contributed by atoms with Crippen LogP contribution in [0.25, 0.3) is 32.5 Å². The molecule has 33 heavy (non-hydrogen) atoms. The molecule has 5 rings (SSSR count). The molecule has 0 amide bonds. The van der Waals surface area contributed by atoms with Crippen molar-refractivity contribution in [2.24, 2.45) is 0 Å². The molecule has 164 valence electrons. The van der Waals surface area contributed by atoms with Crippen LogP contribution in [0.4, 0.5) is 5.69 Å². The van der Waals surface area contributed by atoms with Gasteiger partial charge in [-0.1, -0.05) is 18.2 Å². The van der Waals surface area contributed by atoms with Gasteiger partial charge in [0.15, 0.2) is 0 Å². The fraction of sp³-hybridized carbons (Fsp3) is 0.160. The van der Waals surface area contributed by atoms with Crippen molar-refractivity contribution in [3.8, 4) is 17.5 Å². The Morgan fingerprint density at radius 3 is 2.94 bits per heavy atom. The summed E-state index contributed by atoms with van der Waals surface area (Å²) in [6.45, 7) is 1.79. The molecule has 0 aliphatic rings. The van der Waals surface area contributed by atoms with E-state index in [9.17, 15) is 15.2 Å². The zero-order valence-electron chi connectivity index (χ0n) is 17.8. The Hall–Kier alpha value is -3.93. The molecule has 0 saturated carbocycles. The number of nitrogens with zero attached hydrogens (tertiary/aromatic N) is 2. The van der Waals surface area contributed by atoms with Crippen LogP contribution in [0.15, 0.2) is 58.8 Å². The summed E-state index contributed by atoms with van der Waals surface area (Å²) in [7, 11) is 0. The van der Waals surface area contributed by atoms with Crippen molar-refractivity contribution >= 4 is 38.1 Å². The molecular weight excluding hydrogens is 434 g/mol.